The van der Waals surface area contributed by atoms with E-state index in [1.165, 1.54) is 5.56 Å². The molecule has 1 fully saturated rings. The lowest BCUT2D eigenvalue weighted by atomic mass is 10.2. The number of aromatic nitrogens is 2. The van der Waals surface area contributed by atoms with Gasteiger partial charge in [0.2, 0.25) is 0 Å². The van der Waals surface area contributed by atoms with Crippen molar-refractivity contribution in [3.05, 3.63) is 54.6 Å². The second kappa shape index (κ2) is 7.71. The Hall–Kier alpha value is -1.65. The van der Waals surface area contributed by atoms with Crippen molar-refractivity contribution in [2.75, 3.05) is 26.3 Å². The van der Waals surface area contributed by atoms with Gasteiger partial charge in [-0.15, -0.1) is 0 Å². The SMILES string of the molecule is Cn1ccnc1.c1ccc(CN2CCOCC2)cc1. The zero-order chi connectivity index (χ0) is 13.3. The Morgan fingerprint density at radius 1 is 1.16 bits per heavy atom. The fourth-order valence-corrected chi connectivity index (χ4v) is 1.93. The molecule has 3 rings (SSSR count). The molecule has 4 heteroatoms. The van der Waals surface area contributed by atoms with Gasteiger partial charge < -0.3 is 9.30 Å². The summed E-state index contributed by atoms with van der Waals surface area (Å²) in [6, 6.07) is 10.6. The van der Waals surface area contributed by atoms with Gasteiger partial charge in [0.25, 0.3) is 0 Å². The third-order valence-corrected chi connectivity index (χ3v) is 2.99. The normalized spacial score (nSPS) is 15.6. The molecule has 2 aromatic rings. The van der Waals surface area contributed by atoms with Gasteiger partial charge in [0.05, 0.1) is 19.5 Å². The zero-order valence-corrected chi connectivity index (χ0v) is 11.4. The number of ether oxygens (including phenoxy) is 1. The van der Waals surface area contributed by atoms with Crippen LogP contribution in [0.2, 0.25) is 0 Å². The Balaban J connectivity index is 0.000000186. The quantitative estimate of drug-likeness (QED) is 0.825. The predicted molar refractivity (Wildman–Crippen MR) is 75.7 cm³/mol. The molecule has 1 saturated heterocycles. The first-order valence-corrected chi connectivity index (χ1v) is 6.60. The molecule has 102 valence electrons. The van der Waals surface area contributed by atoms with Gasteiger partial charge in [-0.3, -0.25) is 4.90 Å². The second-order valence-corrected chi connectivity index (χ2v) is 4.60. The molecule has 4 nitrogen and oxygen atoms in total. The molecular weight excluding hydrogens is 238 g/mol. The average Bonchev–Trinajstić information content (AvgIpc) is 2.93. The summed E-state index contributed by atoms with van der Waals surface area (Å²) >= 11 is 0. The number of morpholine rings is 1. The Labute approximate surface area is 114 Å². The summed E-state index contributed by atoms with van der Waals surface area (Å²) in [4.78, 5) is 6.21. The van der Waals surface area contributed by atoms with Crippen LogP contribution in [0.15, 0.2) is 49.1 Å². The highest BCUT2D eigenvalue weighted by molar-refractivity contribution is 5.14. The number of nitrogens with zero attached hydrogens (tertiary/aromatic N) is 3. The Bertz CT molecular complexity index is 436. The maximum absolute atomic E-state index is 5.30. The topological polar surface area (TPSA) is 30.3 Å². The molecule has 0 spiro atoms. The molecule has 0 unspecified atom stereocenters. The fourth-order valence-electron chi connectivity index (χ4n) is 1.93. The van der Waals surface area contributed by atoms with Crippen LogP contribution in [0.3, 0.4) is 0 Å². The molecule has 1 aliphatic rings. The summed E-state index contributed by atoms with van der Waals surface area (Å²) < 4.78 is 7.18. The van der Waals surface area contributed by atoms with Crippen LogP contribution in [0.5, 0.6) is 0 Å². The molecule has 1 aliphatic heterocycles. The molecular formula is C15H21N3O. The lowest BCUT2D eigenvalue weighted by Gasteiger charge is -2.26. The first-order valence-electron chi connectivity index (χ1n) is 6.60. The largest absolute Gasteiger partial charge is 0.379 e. The van der Waals surface area contributed by atoms with Gasteiger partial charge in [0.15, 0.2) is 0 Å². The minimum Gasteiger partial charge on any atom is -0.379 e. The van der Waals surface area contributed by atoms with Gasteiger partial charge in [0.1, 0.15) is 0 Å². The van der Waals surface area contributed by atoms with E-state index in [0.29, 0.717) is 0 Å². The van der Waals surface area contributed by atoms with Gasteiger partial charge in [-0.2, -0.15) is 0 Å². The van der Waals surface area contributed by atoms with Crippen molar-refractivity contribution in [2.24, 2.45) is 7.05 Å². The molecule has 0 atom stereocenters. The van der Waals surface area contributed by atoms with Crippen LogP contribution in [-0.4, -0.2) is 40.8 Å². The van der Waals surface area contributed by atoms with Crippen molar-refractivity contribution in [3.8, 4) is 0 Å². The summed E-state index contributed by atoms with van der Waals surface area (Å²) in [5.74, 6) is 0. The van der Waals surface area contributed by atoms with Crippen LogP contribution in [0.1, 0.15) is 5.56 Å². The number of hydrogen-bond acceptors (Lipinski definition) is 3. The fraction of sp³-hybridized carbons (Fsp3) is 0.400. The molecule has 19 heavy (non-hydrogen) atoms. The first-order chi connectivity index (χ1) is 9.34. The average molecular weight is 259 g/mol. The van der Waals surface area contributed by atoms with Crippen molar-refractivity contribution in [1.29, 1.82) is 0 Å². The number of imidazole rings is 1. The maximum Gasteiger partial charge on any atom is 0.0943 e. The standard InChI is InChI=1S/C11H15NO.C4H6N2/c1-2-4-11(5-3-1)10-12-6-8-13-9-7-12;1-6-3-2-5-4-6/h1-5H,6-10H2;2-4H,1H3. The van der Waals surface area contributed by atoms with E-state index in [1.54, 1.807) is 12.5 Å². The van der Waals surface area contributed by atoms with Crippen LogP contribution in [0.25, 0.3) is 0 Å². The van der Waals surface area contributed by atoms with E-state index in [2.05, 4.69) is 40.2 Å². The smallest absolute Gasteiger partial charge is 0.0943 e. The summed E-state index contributed by atoms with van der Waals surface area (Å²) in [6.45, 7) is 4.95. The van der Waals surface area contributed by atoms with Crippen molar-refractivity contribution in [2.45, 2.75) is 6.54 Å². The van der Waals surface area contributed by atoms with Gasteiger partial charge in [-0.1, -0.05) is 30.3 Å². The van der Waals surface area contributed by atoms with Crippen molar-refractivity contribution in [3.63, 3.8) is 0 Å². The molecule has 0 amide bonds. The molecule has 0 bridgehead atoms. The van der Waals surface area contributed by atoms with Crippen LogP contribution >= 0.6 is 0 Å². The third kappa shape index (κ3) is 5.24. The number of hydrogen-bond donors (Lipinski definition) is 0. The second-order valence-electron chi connectivity index (χ2n) is 4.60. The summed E-state index contributed by atoms with van der Waals surface area (Å²) in [5, 5.41) is 0. The van der Waals surface area contributed by atoms with E-state index in [9.17, 15) is 0 Å². The highest BCUT2D eigenvalue weighted by Crippen LogP contribution is 2.05. The predicted octanol–water partition coefficient (Wildman–Crippen LogP) is 1.94. The highest BCUT2D eigenvalue weighted by atomic mass is 16.5. The van der Waals surface area contributed by atoms with Crippen LogP contribution in [0.4, 0.5) is 0 Å². The summed E-state index contributed by atoms with van der Waals surface area (Å²) in [6.07, 6.45) is 5.39. The van der Waals surface area contributed by atoms with Gasteiger partial charge in [-0.25, -0.2) is 4.98 Å². The first kappa shape index (κ1) is 13.8. The van der Waals surface area contributed by atoms with E-state index >= 15 is 0 Å². The van der Waals surface area contributed by atoms with E-state index in [1.807, 2.05) is 17.8 Å². The number of benzene rings is 1. The van der Waals surface area contributed by atoms with Crippen molar-refractivity contribution in [1.82, 2.24) is 14.5 Å². The molecule has 0 aliphatic carbocycles. The van der Waals surface area contributed by atoms with E-state index in [4.69, 9.17) is 4.74 Å². The van der Waals surface area contributed by atoms with E-state index in [-0.39, 0.29) is 0 Å². The van der Waals surface area contributed by atoms with Crippen LogP contribution in [0, 0.1) is 0 Å². The van der Waals surface area contributed by atoms with Crippen LogP contribution in [-0.2, 0) is 18.3 Å². The zero-order valence-electron chi connectivity index (χ0n) is 11.4. The van der Waals surface area contributed by atoms with Crippen LogP contribution < -0.4 is 0 Å². The van der Waals surface area contributed by atoms with Gasteiger partial charge >= 0.3 is 0 Å². The maximum atomic E-state index is 5.30. The molecule has 1 aromatic heterocycles. The van der Waals surface area contributed by atoms with Gasteiger partial charge in [0, 0.05) is 39.1 Å². The molecule has 1 aromatic carbocycles. The molecule has 2 heterocycles. The number of rotatable bonds is 2. The van der Waals surface area contributed by atoms with Crippen molar-refractivity contribution >= 4 is 0 Å². The monoisotopic (exact) mass is 259 g/mol. The Morgan fingerprint density at radius 3 is 2.42 bits per heavy atom. The Kier molecular flexibility index (Phi) is 5.59. The van der Waals surface area contributed by atoms with Gasteiger partial charge in [-0.05, 0) is 5.56 Å². The Morgan fingerprint density at radius 2 is 1.89 bits per heavy atom. The number of aryl methyl sites for hydroxylation is 1. The lowest BCUT2D eigenvalue weighted by Crippen LogP contribution is -2.35. The van der Waals surface area contributed by atoms with E-state index < -0.39 is 0 Å². The minimum atomic E-state index is 0.882. The minimum absolute atomic E-state index is 0.882. The summed E-state index contributed by atoms with van der Waals surface area (Å²) in [7, 11) is 1.94. The lowest BCUT2D eigenvalue weighted by molar-refractivity contribution is 0.0342. The van der Waals surface area contributed by atoms with E-state index in [0.717, 1.165) is 32.8 Å². The molecule has 0 saturated carbocycles. The molecule has 0 radical (unpaired) electrons. The highest BCUT2D eigenvalue weighted by Gasteiger charge is 2.09. The van der Waals surface area contributed by atoms with Crippen molar-refractivity contribution < 1.29 is 4.74 Å². The third-order valence-electron chi connectivity index (χ3n) is 2.99. The molecule has 0 N–H and O–H groups in total. The summed E-state index contributed by atoms with van der Waals surface area (Å²) in [5.41, 5.74) is 1.39.